The van der Waals surface area contributed by atoms with E-state index in [0.717, 1.165) is 12.1 Å². The number of rotatable bonds is 2. The van der Waals surface area contributed by atoms with Gasteiger partial charge in [0.25, 0.3) is 0 Å². The van der Waals surface area contributed by atoms with E-state index in [-0.39, 0.29) is 25.0 Å². The number of urea groups is 1. The fourth-order valence-corrected chi connectivity index (χ4v) is 2.69. The molecule has 7 heteroatoms. The quantitative estimate of drug-likeness (QED) is 0.904. The van der Waals surface area contributed by atoms with Gasteiger partial charge in [0.05, 0.1) is 17.7 Å². The van der Waals surface area contributed by atoms with Gasteiger partial charge in [0.1, 0.15) is 0 Å². The monoisotopic (exact) mass is 330 g/mol. The zero-order valence-electron chi connectivity index (χ0n) is 13.3. The lowest BCUT2D eigenvalue weighted by Crippen LogP contribution is -2.44. The Balaban J connectivity index is 2.31. The van der Waals surface area contributed by atoms with Crippen molar-refractivity contribution in [3.05, 3.63) is 35.4 Å². The van der Waals surface area contributed by atoms with Crippen LogP contribution in [0.2, 0.25) is 0 Å². The Labute approximate surface area is 133 Å². The standard InChI is InChI=1S/C16H21F3N2O2/c1-10(2)20(3)15(23)21-9-13(22)8-14(21)11-5-4-6-12(7-11)16(17,18)19/h4-7,10,13-14,22H,8-9H2,1-3H3. The van der Waals surface area contributed by atoms with Gasteiger partial charge >= 0.3 is 12.2 Å². The summed E-state index contributed by atoms with van der Waals surface area (Å²) in [6.07, 6.45) is -4.94. The summed E-state index contributed by atoms with van der Waals surface area (Å²) in [5.74, 6) is 0. The Bertz CT molecular complexity index is 575. The molecule has 0 aliphatic carbocycles. The fraction of sp³-hybridized carbons (Fsp3) is 0.562. The van der Waals surface area contributed by atoms with Gasteiger partial charge in [-0.25, -0.2) is 4.79 Å². The van der Waals surface area contributed by atoms with Crippen LogP contribution in [0, 0.1) is 0 Å². The van der Waals surface area contributed by atoms with Crippen LogP contribution in [0.1, 0.15) is 37.4 Å². The predicted molar refractivity (Wildman–Crippen MR) is 79.8 cm³/mol. The van der Waals surface area contributed by atoms with Crippen molar-refractivity contribution in [1.82, 2.24) is 9.80 Å². The van der Waals surface area contributed by atoms with E-state index in [0.29, 0.717) is 5.56 Å². The molecule has 0 saturated carbocycles. The highest BCUT2D eigenvalue weighted by Crippen LogP contribution is 2.36. The second-order valence-electron chi connectivity index (χ2n) is 6.17. The Hall–Kier alpha value is -1.76. The number of likely N-dealkylation sites (tertiary alicyclic amines) is 1. The molecule has 1 aromatic rings. The Kier molecular flexibility index (Phi) is 4.89. The van der Waals surface area contributed by atoms with Gasteiger partial charge in [0.15, 0.2) is 0 Å². The van der Waals surface area contributed by atoms with Crippen LogP contribution in [0.15, 0.2) is 24.3 Å². The molecular formula is C16H21F3N2O2. The number of halogens is 3. The molecule has 2 unspecified atom stereocenters. The molecule has 4 nitrogen and oxygen atoms in total. The number of β-amino-alcohol motifs (C(OH)–C–C–N with tert-alkyl or cyclic N) is 1. The minimum atomic E-state index is -4.43. The predicted octanol–water partition coefficient (Wildman–Crippen LogP) is 3.27. The van der Waals surface area contributed by atoms with Crippen molar-refractivity contribution in [3.8, 4) is 0 Å². The first-order valence-electron chi connectivity index (χ1n) is 7.50. The molecule has 1 N–H and O–H groups in total. The maximum absolute atomic E-state index is 12.9. The smallest absolute Gasteiger partial charge is 0.391 e. The Morgan fingerprint density at radius 1 is 1.39 bits per heavy atom. The van der Waals surface area contributed by atoms with E-state index in [1.165, 1.54) is 15.9 Å². The summed E-state index contributed by atoms with van der Waals surface area (Å²) in [6.45, 7) is 3.82. The number of aliphatic hydroxyl groups is 1. The van der Waals surface area contributed by atoms with Crippen molar-refractivity contribution in [1.29, 1.82) is 0 Å². The van der Waals surface area contributed by atoms with Crippen LogP contribution in [-0.2, 0) is 6.18 Å². The zero-order chi connectivity index (χ0) is 17.4. The molecule has 0 bridgehead atoms. The van der Waals surface area contributed by atoms with E-state index in [2.05, 4.69) is 0 Å². The van der Waals surface area contributed by atoms with Crippen LogP contribution in [-0.4, -0.2) is 46.7 Å². The van der Waals surface area contributed by atoms with Crippen LogP contribution in [0.5, 0.6) is 0 Å². The molecular weight excluding hydrogens is 309 g/mol. The number of benzene rings is 1. The highest BCUT2D eigenvalue weighted by atomic mass is 19.4. The Morgan fingerprint density at radius 2 is 2.04 bits per heavy atom. The number of carbonyl (C=O) groups is 1. The molecule has 23 heavy (non-hydrogen) atoms. The zero-order valence-corrected chi connectivity index (χ0v) is 13.3. The van der Waals surface area contributed by atoms with Crippen LogP contribution < -0.4 is 0 Å². The lowest BCUT2D eigenvalue weighted by molar-refractivity contribution is -0.137. The van der Waals surface area contributed by atoms with Gasteiger partial charge in [-0.1, -0.05) is 12.1 Å². The molecule has 2 amide bonds. The summed E-state index contributed by atoms with van der Waals surface area (Å²) in [6, 6.07) is 4.06. The molecule has 0 spiro atoms. The summed E-state index contributed by atoms with van der Waals surface area (Å²) in [4.78, 5) is 15.5. The van der Waals surface area contributed by atoms with Gasteiger partial charge < -0.3 is 14.9 Å². The molecule has 1 aliphatic rings. The molecule has 1 heterocycles. The molecule has 2 atom stereocenters. The van der Waals surface area contributed by atoms with Crippen LogP contribution in [0.3, 0.4) is 0 Å². The van der Waals surface area contributed by atoms with E-state index in [1.807, 2.05) is 13.8 Å². The number of carbonyl (C=O) groups excluding carboxylic acids is 1. The fourth-order valence-electron chi connectivity index (χ4n) is 2.69. The third-order valence-corrected chi connectivity index (χ3v) is 4.20. The van der Waals surface area contributed by atoms with Crippen LogP contribution in [0.4, 0.5) is 18.0 Å². The van der Waals surface area contributed by atoms with E-state index in [9.17, 15) is 23.1 Å². The van der Waals surface area contributed by atoms with Crippen molar-refractivity contribution in [2.75, 3.05) is 13.6 Å². The minimum Gasteiger partial charge on any atom is -0.391 e. The van der Waals surface area contributed by atoms with Crippen molar-refractivity contribution in [3.63, 3.8) is 0 Å². The van der Waals surface area contributed by atoms with Gasteiger partial charge in [-0.2, -0.15) is 13.2 Å². The van der Waals surface area contributed by atoms with E-state index in [1.54, 1.807) is 13.1 Å². The number of alkyl halides is 3. The number of hydrogen-bond donors (Lipinski definition) is 1. The number of aliphatic hydroxyl groups excluding tert-OH is 1. The first kappa shape index (κ1) is 17.6. The minimum absolute atomic E-state index is 0.0394. The maximum Gasteiger partial charge on any atom is 0.416 e. The third kappa shape index (κ3) is 3.77. The number of hydrogen-bond acceptors (Lipinski definition) is 2. The van der Waals surface area contributed by atoms with Crippen molar-refractivity contribution in [2.24, 2.45) is 0 Å². The van der Waals surface area contributed by atoms with Gasteiger partial charge in [-0.15, -0.1) is 0 Å². The van der Waals surface area contributed by atoms with Crippen LogP contribution >= 0.6 is 0 Å². The molecule has 128 valence electrons. The number of nitrogens with zero attached hydrogens (tertiary/aromatic N) is 2. The highest BCUT2D eigenvalue weighted by molar-refractivity contribution is 5.75. The average molecular weight is 330 g/mol. The van der Waals surface area contributed by atoms with Crippen molar-refractivity contribution in [2.45, 2.75) is 44.6 Å². The molecule has 1 aliphatic heterocycles. The lowest BCUT2D eigenvalue weighted by atomic mass is 10.0. The first-order valence-corrected chi connectivity index (χ1v) is 7.50. The summed E-state index contributed by atoms with van der Waals surface area (Å²) >= 11 is 0. The topological polar surface area (TPSA) is 43.8 Å². The maximum atomic E-state index is 12.9. The second-order valence-corrected chi connectivity index (χ2v) is 6.17. The van der Waals surface area contributed by atoms with Crippen LogP contribution in [0.25, 0.3) is 0 Å². The van der Waals surface area contributed by atoms with Gasteiger partial charge in [0, 0.05) is 19.6 Å². The molecule has 1 fully saturated rings. The molecule has 0 radical (unpaired) electrons. The summed E-state index contributed by atoms with van der Waals surface area (Å²) in [7, 11) is 1.64. The second kappa shape index (κ2) is 6.39. The first-order chi connectivity index (χ1) is 10.6. The van der Waals surface area contributed by atoms with Gasteiger partial charge in [0.2, 0.25) is 0 Å². The highest BCUT2D eigenvalue weighted by Gasteiger charge is 2.38. The summed E-state index contributed by atoms with van der Waals surface area (Å²) in [5.41, 5.74) is -0.358. The number of amides is 2. The normalized spacial score (nSPS) is 21.8. The largest absolute Gasteiger partial charge is 0.416 e. The van der Waals surface area contributed by atoms with Crippen molar-refractivity contribution >= 4 is 6.03 Å². The average Bonchev–Trinajstić information content (AvgIpc) is 2.87. The van der Waals surface area contributed by atoms with Crippen molar-refractivity contribution < 1.29 is 23.1 Å². The summed E-state index contributed by atoms with van der Waals surface area (Å²) in [5, 5.41) is 9.90. The van der Waals surface area contributed by atoms with E-state index in [4.69, 9.17) is 0 Å². The molecule has 2 rings (SSSR count). The summed E-state index contributed by atoms with van der Waals surface area (Å²) < 4.78 is 38.6. The third-order valence-electron chi connectivity index (χ3n) is 4.20. The van der Waals surface area contributed by atoms with Gasteiger partial charge in [-0.3, -0.25) is 0 Å². The lowest BCUT2D eigenvalue weighted by Gasteiger charge is -2.32. The van der Waals surface area contributed by atoms with Gasteiger partial charge in [-0.05, 0) is 38.0 Å². The molecule has 1 aromatic carbocycles. The van der Waals surface area contributed by atoms with E-state index < -0.39 is 23.9 Å². The molecule has 0 aromatic heterocycles. The van der Waals surface area contributed by atoms with E-state index >= 15 is 0 Å². The SMILES string of the molecule is CC(C)N(C)C(=O)N1CC(O)CC1c1cccc(C(F)(F)F)c1. The molecule has 1 saturated heterocycles. The Morgan fingerprint density at radius 3 is 2.61 bits per heavy atom.